The van der Waals surface area contributed by atoms with Crippen molar-refractivity contribution in [1.82, 2.24) is 19.9 Å². The maximum atomic E-state index is 13.2. The second kappa shape index (κ2) is 14.2. The molecule has 0 atom stereocenters. The molecule has 4 aromatic heterocycles. The Kier molecular flexibility index (Phi) is 11.0. The molecule has 172 valence electrons. The van der Waals surface area contributed by atoms with Crippen molar-refractivity contribution >= 4 is 0 Å². The van der Waals surface area contributed by atoms with Gasteiger partial charge < -0.3 is 21.8 Å². The minimum Gasteiger partial charge on any atom is -0.512 e. The van der Waals surface area contributed by atoms with E-state index < -0.39 is 11.6 Å². The molecule has 5 rings (SSSR count). The minimum absolute atomic E-state index is 0. The second-order valence-electron chi connectivity index (χ2n) is 6.55. The molecule has 0 radical (unpaired) electrons. The van der Waals surface area contributed by atoms with Gasteiger partial charge in [0, 0.05) is 41.6 Å². The third-order valence-corrected chi connectivity index (χ3v) is 4.34. The zero-order valence-electron chi connectivity index (χ0n) is 18.1. The summed E-state index contributed by atoms with van der Waals surface area (Å²) in [6, 6.07) is 24.4. The first-order valence-electron chi connectivity index (χ1n) is 9.91. The van der Waals surface area contributed by atoms with Gasteiger partial charge in [-0.2, -0.15) is 0 Å². The third kappa shape index (κ3) is 7.68. The Labute approximate surface area is 215 Å². The fraction of sp³-hybridized carbons (Fsp3) is 0. The smallest absolute Gasteiger partial charge is 0.512 e. The monoisotopic (exact) mass is 641 g/mol. The molecule has 0 unspecified atom stereocenters. The number of aromatic nitrogens is 4. The van der Waals surface area contributed by atoms with Crippen LogP contribution in [0.1, 0.15) is 0 Å². The predicted molar refractivity (Wildman–Crippen MR) is 123 cm³/mol. The van der Waals surface area contributed by atoms with E-state index in [2.05, 4.69) is 32.1 Å². The van der Waals surface area contributed by atoms with Crippen LogP contribution in [0.2, 0.25) is 0 Å². The van der Waals surface area contributed by atoms with Gasteiger partial charge in [-0.15, -0.1) is 18.2 Å². The Morgan fingerprint density at radius 2 is 1.20 bits per heavy atom. The maximum Gasteiger partial charge on any atom is 3.00 e. The summed E-state index contributed by atoms with van der Waals surface area (Å²) in [5, 5.41) is 6.25. The molecule has 0 fully saturated rings. The quantitative estimate of drug-likeness (QED) is 0.229. The summed E-state index contributed by atoms with van der Waals surface area (Å²) >= 11 is 0. The van der Waals surface area contributed by atoms with Gasteiger partial charge in [0.1, 0.15) is 0 Å². The van der Waals surface area contributed by atoms with Crippen LogP contribution in [0.3, 0.4) is 0 Å². The maximum absolute atomic E-state index is 13.2. The second-order valence-corrected chi connectivity index (χ2v) is 6.55. The largest absolute Gasteiger partial charge is 3.00 e. The van der Waals surface area contributed by atoms with E-state index in [9.17, 15) is 8.78 Å². The van der Waals surface area contributed by atoms with E-state index in [1.807, 2.05) is 36.4 Å². The summed E-state index contributed by atoms with van der Waals surface area (Å²) in [5.41, 5.74) is 4.11. The summed E-state index contributed by atoms with van der Waals surface area (Å²) in [6.45, 7) is 4.75. The van der Waals surface area contributed by atoms with E-state index in [0.29, 0.717) is 5.69 Å². The van der Waals surface area contributed by atoms with Crippen molar-refractivity contribution in [2.24, 2.45) is 0 Å². The number of benzene rings is 1. The van der Waals surface area contributed by atoms with Gasteiger partial charge in [0.15, 0.2) is 0 Å². The number of rotatable bonds is 3. The van der Waals surface area contributed by atoms with Crippen molar-refractivity contribution in [3.8, 4) is 33.8 Å². The molecular weight excluding hydrogens is 625 g/mol. The van der Waals surface area contributed by atoms with E-state index in [-0.39, 0.29) is 25.7 Å². The van der Waals surface area contributed by atoms with Crippen LogP contribution in [0.4, 0.5) is 8.78 Å². The fourth-order valence-electron chi connectivity index (χ4n) is 2.85. The van der Waals surface area contributed by atoms with Crippen LogP contribution in [0.15, 0.2) is 97.7 Å². The zero-order valence-corrected chi connectivity index (χ0v) is 20.5. The molecule has 0 bridgehead atoms. The Bertz CT molecular complexity index is 1280. The first-order chi connectivity index (χ1) is 16.7. The van der Waals surface area contributed by atoms with Gasteiger partial charge in [-0.3, -0.25) is 18.7 Å². The molecule has 8 heteroatoms. The average molecular weight is 641 g/mol. The standard InChI is InChI=1S/C15H10N3.C11H6F2N.CN.Ir/c1-3-7-17-14(5-1)12-9-13(11-16-10-12)15-6-2-4-8-18-15;12-8-4-5-9(10(13)7-8)11-3-1-2-6-14-11;1-2;/h1-8,10-11H;1-4,6-7H;;/q3*-1;+3. The van der Waals surface area contributed by atoms with Crippen LogP contribution in [-0.2, 0) is 20.1 Å². The van der Waals surface area contributed by atoms with Crippen LogP contribution >= 0.6 is 0 Å². The van der Waals surface area contributed by atoms with Crippen molar-refractivity contribution in [2.75, 3.05) is 0 Å². The van der Waals surface area contributed by atoms with Crippen LogP contribution in [0.25, 0.3) is 33.8 Å². The van der Waals surface area contributed by atoms with E-state index in [1.165, 1.54) is 0 Å². The molecule has 0 aliphatic heterocycles. The number of nitrogens with zero attached hydrogens (tertiary/aromatic N) is 5. The molecule has 1 aromatic carbocycles. The molecule has 5 nitrogen and oxygen atoms in total. The number of hydrogen-bond acceptors (Lipinski definition) is 5. The van der Waals surface area contributed by atoms with Crippen molar-refractivity contribution in [3.63, 3.8) is 0 Å². The molecule has 0 aliphatic rings. The molecule has 0 spiro atoms. The van der Waals surface area contributed by atoms with Gasteiger partial charge in [-0.25, -0.2) is 0 Å². The average Bonchev–Trinajstić information content (AvgIpc) is 2.92. The van der Waals surface area contributed by atoms with Gasteiger partial charge in [-0.1, -0.05) is 59.2 Å². The number of pyridine rings is 4. The molecule has 0 aliphatic carbocycles. The molecule has 5 aromatic rings. The van der Waals surface area contributed by atoms with Gasteiger partial charge in [0.05, 0.1) is 0 Å². The summed E-state index contributed by atoms with van der Waals surface area (Å²) in [6.07, 6.45) is 8.59. The van der Waals surface area contributed by atoms with Crippen LogP contribution in [0, 0.1) is 35.6 Å². The molecule has 0 amide bonds. The van der Waals surface area contributed by atoms with E-state index in [4.69, 9.17) is 11.8 Å². The van der Waals surface area contributed by atoms with Gasteiger partial charge in [0.2, 0.25) is 0 Å². The molecule has 4 heterocycles. The minimum atomic E-state index is -0.649. The van der Waals surface area contributed by atoms with Crippen LogP contribution in [0.5, 0.6) is 0 Å². The Morgan fingerprint density at radius 1 is 0.714 bits per heavy atom. The van der Waals surface area contributed by atoms with E-state index in [0.717, 1.165) is 34.6 Å². The summed E-state index contributed by atoms with van der Waals surface area (Å²) in [4.78, 5) is 16.8. The third-order valence-electron chi connectivity index (χ3n) is 4.34. The van der Waals surface area contributed by atoms with Crippen molar-refractivity contribution in [2.45, 2.75) is 0 Å². The molecule has 35 heavy (non-hydrogen) atoms. The van der Waals surface area contributed by atoms with Crippen LogP contribution in [-0.4, -0.2) is 19.9 Å². The molecular formula is C27H16F2IrN5. The Morgan fingerprint density at radius 3 is 1.63 bits per heavy atom. The summed E-state index contributed by atoms with van der Waals surface area (Å²) in [5.74, 6) is -1.29. The summed E-state index contributed by atoms with van der Waals surface area (Å²) < 4.78 is 25.8. The topological polar surface area (TPSA) is 75.3 Å². The van der Waals surface area contributed by atoms with Crippen LogP contribution < -0.4 is 0 Å². The summed E-state index contributed by atoms with van der Waals surface area (Å²) in [7, 11) is 0. The number of hydrogen-bond donors (Lipinski definition) is 0. The number of halogens is 2. The van der Waals surface area contributed by atoms with Gasteiger partial charge >= 0.3 is 20.1 Å². The Balaban J connectivity index is 0.000000231. The first-order valence-corrected chi connectivity index (χ1v) is 9.91. The molecule has 0 saturated heterocycles. The normalized spacial score (nSPS) is 9.37. The van der Waals surface area contributed by atoms with E-state index in [1.54, 1.807) is 49.2 Å². The van der Waals surface area contributed by atoms with Gasteiger partial charge in [0.25, 0.3) is 0 Å². The van der Waals surface area contributed by atoms with Crippen molar-refractivity contribution in [3.05, 3.63) is 128 Å². The SMILES string of the molecule is Fc1c[c-]c(-c2ccccn2)c(F)c1.[C-]#N.[Ir+3].[c-]1c(-c2ccccn2)cncc1-c1ccccn1. The molecule has 0 N–H and O–H groups in total. The van der Waals surface area contributed by atoms with E-state index >= 15 is 0 Å². The molecule has 0 saturated carbocycles. The predicted octanol–water partition coefficient (Wildman–Crippen LogP) is 5.93. The Hall–Kier alpha value is -4.18. The fourth-order valence-corrected chi connectivity index (χ4v) is 2.85. The zero-order chi connectivity index (χ0) is 24.2. The van der Waals surface area contributed by atoms with Crippen molar-refractivity contribution in [1.29, 1.82) is 5.26 Å². The van der Waals surface area contributed by atoms with Crippen molar-refractivity contribution < 1.29 is 28.9 Å². The van der Waals surface area contributed by atoms with Gasteiger partial charge in [-0.05, 0) is 36.3 Å². The first kappa shape index (κ1) is 27.1.